The number of allylic oxidation sites excluding steroid dienone is 1. The molecule has 0 unspecified atom stereocenters. The average Bonchev–Trinajstić information content (AvgIpc) is 1.91. The summed E-state index contributed by atoms with van der Waals surface area (Å²) in [7, 11) is 0. The van der Waals surface area contributed by atoms with E-state index in [1.54, 1.807) is 6.08 Å². The van der Waals surface area contributed by atoms with E-state index < -0.39 is 0 Å². The SMILES string of the molecule is O=C=CC1CCCCC1. The molecule has 0 bridgehead atoms. The van der Waals surface area contributed by atoms with Crippen molar-refractivity contribution < 1.29 is 4.79 Å². The van der Waals surface area contributed by atoms with E-state index in [9.17, 15) is 4.79 Å². The summed E-state index contributed by atoms with van der Waals surface area (Å²) in [6.45, 7) is 0. The van der Waals surface area contributed by atoms with E-state index in [2.05, 4.69) is 0 Å². The van der Waals surface area contributed by atoms with Crippen LogP contribution >= 0.6 is 0 Å². The lowest BCUT2D eigenvalue weighted by atomic mass is 9.90. The van der Waals surface area contributed by atoms with Gasteiger partial charge in [-0.1, -0.05) is 19.3 Å². The third-order valence-electron chi connectivity index (χ3n) is 1.95. The zero-order valence-electron chi connectivity index (χ0n) is 5.60. The van der Waals surface area contributed by atoms with Crippen molar-refractivity contribution in [3.05, 3.63) is 6.08 Å². The first kappa shape index (κ1) is 6.57. The molecule has 0 aromatic carbocycles. The average molecular weight is 124 g/mol. The molecule has 9 heavy (non-hydrogen) atoms. The van der Waals surface area contributed by atoms with Crippen LogP contribution in [0.25, 0.3) is 0 Å². The third-order valence-corrected chi connectivity index (χ3v) is 1.95. The molecule has 50 valence electrons. The summed E-state index contributed by atoms with van der Waals surface area (Å²) in [5, 5.41) is 0. The molecule has 0 spiro atoms. The van der Waals surface area contributed by atoms with Crippen LogP contribution in [0.1, 0.15) is 32.1 Å². The number of hydrogen-bond donors (Lipinski definition) is 0. The Morgan fingerprint density at radius 3 is 2.44 bits per heavy atom. The molecule has 1 saturated carbocycles. The molecule has 0 radical (unpaired) electrons. The second-order valence-corrected chi connectivity index (χ2v) is 2.68. The van der Waals surface area contributed by atoms with Crippen LogP contribution in [-0.2, 0) is 4.79 Å². The maximum atomic E-state index is 9.89. The Balaban J connectivity index is 2.31. The second-order valence-electron chi connectivity index (χ2n) is 2.68. The lowest BCUT2D eigenvalue weighted by molar-refractivity contribution is 0.419. The summed E-state index contributed by atoms with van der Waals surface area (Å²) in [4.78, 5) is 9.89. The Morgan fingerprint density at radius 1 is 1.22 bits per heavy atom. The van der Waals surface area contributed by atoms with Gasteiger partial charge < -0.3 is 0 Å². The molecule has 1 rings (SSSR count). The van der Waals surface area contributed by atoms with Crippen molar-refractivity contribution in [2.45, 2.75) is 32.1 Å². The minimum atomic E-state index is 0.552. The van der Waals surface area contributed by atoms with Gasteiger partial charge in [-0.05, 0) is 18.8 Å². The third kappa shape index (κ3) is 2.03. The zero-order chi connectivity index (χ0) is 6.53. The molecule has 1 heteroatoms. The van der Waals surface area contributed by atoms with E-state index in [1.165, 1.54) is 32.1 Å². The van der Waals surface area contributed by atoms with Gasteiger partial charge in [-0.25, -0.2) is 4.79 Å². The molecular weight excluding hydrogens is 112 g/mol. The normalized spacial score (nSPS) is 20.9. The standard InChI is InChI=1S/C8H12O/c9-7-6-8-4-2-1-3-5-8/h6,8H,1-5H2. The molecular formula is C8H12O. The molecule has 0 atom stereocenters. The summed E-state index contributed by atoms with van der Waals surface area (Å²) in [6.07, 6.45) is 8.03. The number of hydrogen-bond acceptors (Lipinski definition) is 1. The number of rotatable bonds is 1. The van der Waals surface area contributed by atoms with Crippen molar-refractivity contribution in [2.24, 2.45) is 5.92 Å². The first-order valence-electron chi connectivity index (χ1n) is 3.64. The Bertz CT molecular complexity index is 117. The molecule has 0 heterocycles. The van der Waals surface area contributed by atoms with Gasteiger partial charge in [0.25, 0.3) is 0 Å². The molecule has 0 amide bonds. The van der Waals surface area contributed by atoms with E-state index in [0.29, 0.717) is 5.92 Å². The van der Waals surface area contributed by atoms with Gasteiger partial charge in [-0.2, -0.15) is 0 Å². The van der Waals surface area contributed by atoms with Crippen molar-refractivity contribution in [2.75, 3.05) is 0 Å². The predicted octanol–water partition coefficient (Wildman–Crippen LogP) is 1.95. The highest BCUT2D eigenvalue weighted by atomic mass is 16.1. The summed E-state index contributed by atoms with van der Waals surface area (Å²) in [5.74, 6) is 2.41. The highest BCUT2D eigenvalue weighted by Crippen LogP contribution is 2.23. The van der Waals surface area contributed by atoms with Crippen LogP contribution in [0.2, 0.25) is 0 Å². The van der Waals surface area contributed by atoms with E-state index in [4.69, 9.17) is 0 Å². The first-order chi connectivity index (χ1) is 4.43. The van der Waals surface area contributed by atoms with Crippen molar-refractivity contribution in [1.82, 2.24) is 0 Å². The maximum absolute atomic E-state index is 9.89. The monoisotopic (exact) mass is 124 g/mol. The molecule has 0 aromatic rings. The van der Waals surface area contributed by atoms with E-state index in [-0.39, 0.29) is 0 Å². The Morgan fingerprint density at radius 2 is 1.89 bits per heavy atom. The topological polar surface area (TPSA) is 17.1 Å². The van der Waals surface area contributed by atoms with Gasteiger partial charge in [0.1, 0.15) is 5.94 Å². The highest BCUT2D eigenvalue weighted by molar-refractivity contribution is 5.45. The molecule has 0 aliphatic heterocycles. The van der Waals surface area contributed by atoms with Crippen LogP contribution in [0.5, 0.6) is 0 Å². The smallest absolute Gasteiger partial charge is 0.120 e. The van der Waals surface area contributed by atoms with Crippen LogP contribution in [0.4, 0.5) is 0 Å². The molecule has 0 saturated heterocycles. The van der Waals surface area contributed by atoms with E-state index in [1.807, 2.05) is 5.94 Å². The lowest BCUT2D eigenvalue weighted by Crippen LogP contribution is -2.02. The van der Waals surface area contributed by atoms with Gasteiger partial charge in [0.2, 0.25) is 0 Å². The predicted molar refractivity (Wildman–Crippen MR) is 36.8 cm³/mol. The Labute approximate surface area is 55.8 Å². The zero-order valence-corrected chi connectivity index (χ0v) is 5.60. The summed E-state index contributed by atoms with van der Waals surface area (Å²) in [6, 6.07) is 0. The summed E-state index contributed by atoms with van der Waals surface area (Å²) < 4.78 is 0. The fourth-order valence-corrected chi connectivity index (χ4v) is 1.40. The fourth-order valence-electron chi connectivity index (χ4n) is 1.40. The largest absolute Gasteiger partial charge is 0.234 e. The van der Waals surface area contributed by atoms with Crippen LogP contribution in [0.15, 0.2) is 6.08 Å². The Kier molecular flexibility index (Phi) is 2.53. The molecule has 1 aliphatic carbocycles. The summed E-state index contributed by atoms with van der Waals surface area (Å²) >= 11 is 0. The Hall–Kier alpha value is -0.550. The van der Waals surface area contributed by atoms with Crippen LogP contribution in [0.3, 0.4) is 0 Å². The highest BCUT2D eigenvalue weighted by Gasteiger charge is 2.09. The maximum Gasteiger partial charge on any atom is 0.120 e. The fraction of sp³-hybridized carbons (Fsp3) is 0.750. The molecule has 1 nitrogen and oxygen atoms in total. The first-order valence-corrected chi connectivity index (χ1v) is 3.64. The number of carbonyl (C=O) groups excluding carboxylic acids is 1. The van der Waals surface area contributed by atoms with E-state index >= 15 is 0 Å². The minimum Gasteiger partial charge on any atom is -0.234 e. The lowest BCUT2D eigenvalue weighted by Gasteiger charge is -2.15. The van der Waals surface area contributed by atoms with Gasteiger partial charge >= 0.3 is 0 Å². The minimum absolute atomic E-state index is 0.552. The van der Waals surface area contributed by atoms with Crippen molar-refractivity contribution in [3.63, 3.8) is 0 Å². The summed E-state index contributed by atoms with van der Waals surface area (Å²) in [5.41, 5.74) is 0. The van der Waals surface area contributed by atoms with Crippen LogP contribution < -0.4 is 0 Å². The van der Waals surface area contributed by atoms with Gasteiger partial charge in [0.15, 0.2) is 0 Å². The molecule has 0 aromatic heterocycles. The van der Waals surface area contributed by atoms with Gasteiger partial charge in [-0.15, -0.1) is 0 Å². The van der Waals surface area contributed by atoms with Gasteiger partial charge in [0, 0.05) is 6.08 Å². The van der Waals surface area contributed by atoms with Crippen molar-refractivity contribution in [1.29, 1.82) is 0 Å². The van der Waals surface area contributed by atoms with Gasteiger partial charge in [0.05, 0.1) is 0 Å². The van der Waals surface area contributed by atoms with Crippen LogP contribution in [-0.4, -0.2) is 5.94 Å². The van der Waals surface area contributed by atoms with Gasteiger partial charge in [-0.3, -0.25) is 0 Å². The van der Waals surface area contributed by atoms with Crippen molar-refractivity contribution >= 4 is 5.94 Å². The molecule has 1 fully saturated rings. The quantitative estimate of drug-likeness (QED) is 0.488. The molecule has 0 N–H and O–H groups in total. The second kappa shape index (κ2) is 3.47. The van der Waals surface area contributed by atoms with Crippen LogP contribution in [0, 0.1) is 5.92 Å². The molecule has 1 aliphatic rings. The van der Waals surface area contributed by atoms with E-state index in [0.717, 1.165) is 0 Å². The van der Waals surface area contributed by atoms with Crippen molar-refractivity contribution in [3.8, 4) is 0 Å².